The van der Waals surface area contributed by atoms with Crippen molar-refractivity contribution in [3.63, 3.8) is 0 Å². The van der Waals surface area contributed by atoms with Crippen LogP contribution in [-0.4, -0.2) is 19.3 Å². The van der Waals surface area contributed by atoms with E-state index in [1.807, 2.05) is 13.1 Å². The van der Waals surface area contributed by atoms with E-state index in [-0.39, 0.29) is 5.56 Å². The topological polar surface area (TPSA) is 52.7 Å². The van der Waals surface area contributed by atoms with E-state index in [0.29, 0.717) is 11.0 Å². The van der Waals surface area contributed by atoms with Crippen LogP contribution in [-0.2, 0) is 20.0 Å². The van der Waals surface area contributed by atoms with Crippen LogP contribution in [0.25, 0.3) is 0 Å². The Morgan fingerprint density at radius 2 is 2.24 bits per heavy atom. The molecule has 0 N–H and O–H groups in total. The minimum Gasteiger partial charge on any atom is -0.292 e. The first-order valence-corrected chi connectivity index (χ1v) is 6.13. The van der Waals surface area contributed by atoms with Crippen LogP contribution >= 0.6 is 15.9 Å². The van der Waals surface area contributed by atoms with Gasteiger partial charge in [0.15, 0.2) is 0 Å². The summed E-state index contributed by atoms with van der Waals surface area (Å²) in [6.45, 7) is 2.54. The maximum absolute atomic E-state index is 11.8. The fourth-order valence-corrected chi connectivity index (χ4v) is 1.95. The molecule has 6 heteroatoms. The van der Waals surface area contributed by atoms with Crippen molar-refractivity contribution in [1.82, 2.24) is 19.3 Å². The van der Waals surface area contributed by atoms with Crippen LogP contribution in [0.15, 0.2) is 27.9 Å². The summed E-state index contributed by atoms with van der Waals surface area (Å²) < 4.78 is 3.82. The van der Waals surface area contributed by atoms with Crippen molar-refractivity contribution < 1.29 is 0 Å². The van der Waals surface area contributed by atoms with Gasteiger partial charge in [-0.1, -0.05) is 6.92 Å². The van der Waals surface area contributed by atoms with Crippen molar-refractivity contribution in [3.05, 3.63) is 44.8 Å². The second-order valence-electron chi connectivity index (χ2n) is 3.78. The third-order valence-electron chi connectivity index (χ3n) is 2.58. The monoisotopic (exact) mass is 296 g/mol. The van der Waals surface area contributed by atoms with Crippen molar-refractivity contribution in [2.75, 3.05) is 0 Å². The van der Waals surface area contributed by atoms with E-state index >= 15 is 0 Å². The normalized spacial score (nSPS) is 10.8. The zero-order chi connectivity index (χ0) is 12.4. The number of halogens is 1. The molecule has 0 aliphatic heterocycles. The van der Waals surface area contributed by atoms with Crippen LogP contribution in [0.5, 0.6) is 0 Å². The lowest BCUT2D eigenvalue weighted by Gasteiger charge is -2.05. The molecule has 0 saturated heterocycles. The third-order valence-corrected chi connectivity index (χ3v) is 3.12. The van der Waals surface area contributed by atoms with Gasteiger partial charge in [-0.25, -0.2) is 4.98 Å². The van der Waals surface area contributed by atoms with E-state index in [9.17, 15) is 4.79 Å². The summed E-state index contributed by atoms with van der Waals surface area (Å²) in [5.74, 6) is 0. The molecule has 0 aliphatic carbocycles. The van der Waals surface area contributed by atoms with Crippen molar-refractivity contribution in [1.29, 1.82) is 0 Å². The third kappa shape index (κ3) is 2.46. The molecule has 0 atom stereocenters. The van der Waals surface area contributed by atoms with Crippen LogP contribution in [0.3, 0.4) is 0 Å². The fraction of sp³-hybridized carbons (Fsp3) is 0.364. The van der Waals surface area contributed by atoms with E-state index in [1.54, 1.807) is 9.25 Å². The summed E-state index contributed by atoms with van der Waals surface area (Å²) in [7, 11) is 1.88. The van der Waals surface area contributed by atoms with E-state index in [0.717, 1.165) is 17.8 Å². The molecule has 0 bridgehead atoms. The van der Waals surface area contributed by atoms with Crippen molar-refractivity contribution in [2.24, 2.45) is 7.05 Å². The average molecular weight is 297 g/mol. The largest absolute Gasteiger partial charge is 0.292 e. The van der Waals surface area contributed by atoms with Gasteiger partial charge in [0, 0.05) is 13.2 Å². The number of hydrogen-bond donors (Lipinski definition) is 0. The quantitative estimate of drug-likeness (QED) is 0.859. The predicted molar refractivity (Wildman–Crippen MR) is 67.9 cm³/mol. The molecule has 2 heterocycles. The highest BCUT2D eigenvalue weighted by molar-refractivity contribution is 9.10. The van der Waals surface area contributed by atoms with Crippen molar-refractivity contribution in [2.45, 2.75) is 19.9 Å². The molecule has 0 unspecified atom stereocenters. The molecule has 0 amide bonds. The molecular formula is C11H13BrN4O. The first kappa shape index (κ1) is 12.0. The van der Waals surface area contributed by atoms with Gasteiger partial charge in [-0.2, -0.15) is 5.10 Å². The Morgan fingerprint density at radius 1 is 1.47 bits per heavy atom. The highest BCUT2D eigenvalue weighted by atomic mass is 79.9. The van der Waals surface area contributed by atoms with Gasteiger partial charge in [-0.15, -0.1) is 0 Å². The van der Waals surface area contributed by atoms with E-state index in [4.69, 9.17) is 0 Å². The Kier molecular flexibility index (Phi) is 3.42. The number of rotatable bonds is 3. The summed E-state index contributed by atoms with van der Waals surface area (Å²) in [5, 5.41) is 4.35. The van der Waals surface area contributed by atoms with Gasteiger partial charge < -0.3 is 0 Å². The Labute approximate surface area is 107 Å². The van der Waals surface area contributed by atoms with Crippen LogP contribution in [0.2, 0.25) is 0 Å². The number of aryl methyl sites for hydroxylation is 2. The highest BCUT2D eigenvalue weighted by Crippen LogP contribution is 2.06. The summed E-state index contributed by atoms with van der Waals surface area (Å²) in [5.41, 5.74) is 1.93. The zero-order valence-electron chi connectivity index (χ0n) is 9.72. The SMILES string of the molecule is CCc1cc(Cn2cncc(Br)c2=O)n(C)n1. The number of aromatic nitrogens is 4. The fourth-order valence-electron chi connectivity index (χ4n) is 1.60. The minimum absolute atomic E-state index is 0.0840. The van der Waals surface area contributed by atoms with Crippen LogP contribution in [0, 0.1) is 0 Å². The zero-order valence-corrected chi connectivity index (χ0v) is 11.3. The van der Waals surface area contributed by atoms with Gasteiger partial charge in [0.05, 0.1) is 24.3 Å². The van der Waals surface area contributed by atoms with Crippen LogP contribution in [0.4, 0.5) is 0 Å². The number of nitrogens with zero attached hydrogens (tertiary/aromatic N) is 4. The van der Waals surface area contributed by atoms with Crippen LogP contribution < -0.4 is 5.56 Å². The molecule has 0 radical (unpaired) electrons. The van der Waals surface area contributed by atoms with Crippen molar-refractivity contribution in [3.8, 4) is 0 Å². The Morgan fingerprint density at radius 3 is 2.88 bits per heavy atom. The lowest BCUT2D eigenvalue weighted by molar-refractivity contribution is 0.640. The van der Waals surface area contributed by atoms with Gasteiger partial charge in [-0.3, -0.25) is 14.0 Å². The van der Waals surface area contributed by atoms with Crippen molar-refractivity contribution >= 4 is 15.9 Å². The standard InChI is InChI=1S/C11H13BrN4O/c1-3-8-4-9(15(2)14-8)6-16-7-13-5-10(12)11(16)17/h4-5,7H,3,6H2,1-2H3. The van der Waals surface area contributed by atoms with E-state index in [1.165, 1.54) is 12.5 Å². The molecule has 2 rings (SSSR count). The lowest BCUT2D eigenvalue weighted by atomic mass is 10.3. The summed E-state index contributed by atoms with van der Waals surface area (Å²) >= 11 is 3.18. The molecule has 90 valence electrons. The van der Waals surface area contributed by atoms with Crippen LogP contribution in [0.1, 0.15) is 18.3 Å². The van der Waals surface area contributed by atoms with Gasteiger partial charge in [0.2, 0.25) is 0 Å². The molecule has 2 aromatic heterocycles. The highest BCUT2D eigenvalue weighted by Gasteiger charge is 2.07. The minimum atomic E-state index is -0.0840. The predicted octanol–water partition coefficient (Wildman–Crippen LogP) is 1.35. The smallest absolute Gasteiger partial charge is 0.267 e. The molecule has 0 spiro atoms. The van der Waals surface area contributed by atoms with E-state index < -0.39 is 0 Å². The Bertz CT molecular complexity index is 587. The molecule has 0 fully saturated rings. The summed E-state index contributed by atoms with van der Waals surface area (Å²) in [4.78, 5) is 15.8. The average Bonchev–Trinajstić information content (AvgIpc) is 2.66. The molecule has 17 heavy (non-hydrogen) atoms. The molecule has 0 aromatic carbocycles. The Hall–Kier alpha value is -1.43. The van der Waals surface area contributed by atoms with Gasteiger partial charge in [0.1, 0.15) is 4.47 Å². The first-order chi connectivity index (χ1) is 8.11. The second kappa shape index (κ2) is 4.83. The Balaban J connectivity index is 2.34. The first-order valence-electron chi connectivity index (χ1n) is 5.33. The maximum Gasteiger partial charge on any atom is 0.267 e. The van der Waals surface area contributed by atoms with Gasteiger partial charge in [-0.05, 0) is 28.4 Å². The maximum atomic E-state index is 11.8. The number of hydrogen-bond acceptors (Lipinski definition) is 3. The molecule has 0 saturated carbocycles. The molecule has 5 nitrogen and oxygen atoms in total. The molecule has 0 aliphatic rings. The van der Waals surface area contributed by atoms with Gasteiger partial charge in [0.25, 0.3) is 5.56 Å². The molecular weight excluding hydrogens is 284 g/mol. The lowest BCUT2D eigenvalue weighted by Crippen LogP contribution is -2.22. The summed E-state index contributed by atoms with van der Waals surface area (Å²) in [6, 6.07) is 2.01. The summed E-state index contributed by atoms with van der Waals surface area (Å²) in [6.07, 6.45) is 3.92. The van der Waals surface area contributed by atoms with E-state index in [2.05, 4.69) is 32.9 Å². The van der Waals surface area contributed by atoms with Gasteiger partial charge >= 0.3 is 0 Å². The molecule has 2 aromatic rings. The second-order valence-corrected chi connectivity index (χ2v) is 4.63.